The van der Waals surface area contributed by atoms with E-state index in [9.17, 15) is 0 Å². The topological polar surface area (TPSA) is 49.0 Å². The van der Waals surface area contributed by atoms with Crippen molar-refractivity contribution < 1.29 is 9.47 Å². The Morgan fingerprint density at radius 1 is 0.862 bits per heavy atom. The molecular weight excluding hydrogens is 364 g/mol. The highest BCUT2D eigenvalue weighted by atomic mass is 16.5. The van der Waals surface area contributed by atoms with Gasteiger partial charge in [0.2, 0.25) is 0 Å². The van der Waals surface area contributed by atoms with E-state index in [2.05, 4.69) is 48.1 Å². The number of hydrogen-bond acceptors (Lipinski definition) is 6. The summed E-state index contributed by atoms with van der Waals surface area (Å²) >= 11 is 0. The standard InChI is InChI=1S/C23H48N4O2/c1-5-6-7-22(4)25-9-13-29-15-11-27-19-23(20-27)17-26(18-23)10-14-28-12-8-24-16-21(2)3/h21-22,24-25H,5-20H2,1-4H3. The van der Waals surface area contributed by atoms with Crippen molar-refractivity contribution in [3.05, 3.63) is 0 Å². The summed E-state index contributed by atoms with van der Waals surface area (Å²) in [5.41, 5.74) is 0.578. The molecule has 0 aromatic rings. The van der Waals surface area contributed by atoms with Crippen molar-refractivity contribution in [3.63, 3.8) is 0 Å². The third kappa shape index (κ3) is 10.1. The molecule has 2 N–H and O–H groups in total. The second-order valence-corrected chi connectivity index (χ2v) is 9.74. The predicted molar refractivity (Wildman–Crippen MR) is 122 cm³/mol. The van der Waals surface area contributed by atoms with Crippen LogP contribution in [0.15, 0.2) is 0 Å². The van der Waals surface area contributed by atoms with Crippen LogP contribution in [0.4, 0.5) is 0 Å². The third-order valence-electron chi connectivity index (χ3n) is 6.05. The van der Waals surface area contributed by atoms with E-state index in [1.807, 2.05) is 0 Å². The molecule has 2 saturated heterocycles. The van der Waals surface area contributed by atoms with Crippen molar-refractivity contribution in [3.8, 4) is 0 Å². The van der Waals surface area contributed by atoms with E-state index >= 15 is 0 Å². The first-order chi connectivity index (χ1) is 14.0. The summed E-state index contributed by atoms with van der Waals surface area (Å²) < 4.78 is 11.6. The molecule has 0 aromatic carbocycles. The Labute approximate surface area is 180 Å². The second-order valence-electron chi connectivity index (χ2n) is 9.74. The Morgan fingerprint density at radius 2 is 1.45 bits per heavy atom. The number of hydrogen-bond donors (Lipinski definition) is 2. The fraction of sp³-hybridized carbons (Fsp3) is 1.00. The van der Waals surface area contributed by atoms with Crippen LogP contribution >= 0.6 is 0 Å². The van der Waals surface area contributed by atoms with Crippen LogP contribution in [0.2, 0.25) is 0 Å². The van der Waals surface area contributed by atoms with Crippen LogP contribution in [0.25, 0.3) is 0 Å². The van der Waals surface area contributed by atoms with Crippen LogP contribution in [0.3, 0.4) is 0 Å². The molecule has 6 heteroatoms. The van der Waals surface area contributed by atoms with Crippen molar-refractivity contribution in [1.29, 1.82) is 0 Å². The molecule has 0 amide bonds. The van der Waals surface area contributed by atoms with Gasteiger partial charge in [0.05, 0.1) is 26.4 Å². The van der Waals surface area contributed by atoms with Gasteiger partial charge in [-0.15, -0.1) is 0 Å². The fourth-order valence-corrected chi connectivity index (χ4v) is 4.44. The van der Waals surface area contributed by atoms with Gasteiger partial charge in [-0.25, -0.2) is 0 Å². The minimum absolute atomic E-state index is 0.578. The number of unbranched alkanes of at least 4 members (excludes halogenated alkanes) is 1. The zero-order valence-corrected chi connectivity index (χ0v) is 19.7. The molecule has 0 aromatic heterocycles. The van der Waals surface area contributed by atoms with Crippen LogP contribution in [-0.2, 0) is 9.47 Å². The first-order valence-corrected chi connectivity index (χ1v) is 12.1. The SMILES string of the molecule is CCCCC(C)NCCOCCN1CC2(CN(CCOCCNCC(C)C)C2)C1. The summed E-state index contributed by atoms with van der Waals surface area (Å²) in [5, 5.41) is 6.97. The molecule has 2 heterocycles. The van der Waals surface area contributed by atoms with Crippen LogP contribution in [0, 0.1) is 11.3 Å². The third-order valence-corrected chi connectivity index (χ3v) is 6.05. The fourth-order valence-electron chi connectivity index (χ4n) is 4.44. The van der Waals surface area contributed by atoms with Gasteiger partial charge < -0.3 is 20.1 Å². The molecule has 0 radical (unpaired) electrons. The molecular formula is C23H48N4O2. The number of likely N-dealkylation sites (tertiary alicyclic amines) is 2. The van der Waals surface area contributed by atoms with Gasteiger partial charge in [-0.05, 0) is 25.8 Å². The van der Waals surface area contributed by atoms with Crippen molar-refractivity contribution in [2.45, 2.75) is 53.0 Å². The lowest BCUT2D eigenvalue weighted by Crippen LogP contribution is -2.72. The molecule has 2 aliphatic rings. The van der Waals surface area contributed by atoms with Crippen LogP contribution in [0.1, 0.15) is 47.0 Å². The molecule has 2 aliphatic heterocycles. The highest BCUT2D eigenvalue weighted by Crippen LogP contribution is 2.38. The quantitative estimate of drug-likeness (QED) is 0.336. The Bertz CT molecular complexity index is 408. The Hall–Kier alpha value is -0.240. The summed E-state index contributed by atoms with van der Waals surface area (Å²) in [4.78, 5) is 5.09. The molecule has 0 saturated carbocycles. The number of ether oxygens (including phenoxy) is 2. The average molecular weight is 413 g/mol. The van der Waals surface area contributed by atoms with Crippen LogP contribution < -0.4 is 10.6 Å². The monoisotopic (exact) mass is 412 g/mol. The highest BCUT2D eigenvalue weighted by molar-refractivity contribution is 5.05. The Morgan fingerprint density at radius 3 is 2.00 bits per heavy atom. The van der Waals surface area contributed by atoms with Gasteiger partial charge in [0.25, 0.3) is 0 Å². The van der Waals surface area contributed by atoms with E-state index < -0.39 is 0 Å². The number of rotatable bonds is 18. The first kappa shape index (κ1) is 25.0. The Balaban J connectivity index is 1.34. The van der Waals surface area contributed by atoms with Crippen molar-refractivity contribution in [1.82, 2.24) is 20.4 Å². The molecule has 6 nitrogen and oxygen atoms in total. The van der Waals surface area contributed by atoms with Gasteiger partial charge in [0, 0.05) is 63.8 Å². The van der Waals surface area contributed by atoms with Gasteiger partial charge in [0.1, 0.15) is 0 Å². The largest absolute Gasteiger partial charge is 0.379 e. The smallest absolute Gasteiger partial charge is 0.0594 e. The summed E-state index contributed by atoms with van der Waals surface area (Å²) in [6.45, 7) is 22.5. The van der Waals surface area contributed by atoms with E-state index in [1.165, 1.54) is 45.4 Å². The van der Waals surface area contributed by atoms with Gasteiger partial charge in [-0.2, -0.15) is 0 Å². The van der Waals surface area contributed by atoms with Gasteiger partial charge >= 0.3 is 0 Å². The van der Waals surface area contributed by atoms with Crippen LogP contribution in [-0.4, -0.2) is 101 Å². The summed E-state index contributed by atoms with van der Waals surface area (Å²) in [6.07, 6.45) is 3.86. The molecule has 1 atom stereocenters. The molecule has 172 valence electrons. The Kier molecular flexibility index (Phi) is 12.0. The van der Waals surface area contributed by atoms with E-state index in [0.29, 0.717) is 17.4 Å². The molecule has 2 fully saturated rings. The maximum absolute atomic E-state index is 5.81. The summed E-state index contributed by atoms with van der Waals surface area (Å²) in [5.74, 6) is 0.710. The molecule has 0 aliphatic carbocycles. The van der Waals surface area contributed by atoms with E-state index in [1.54, 1.807) is 0 Å². The molecule has 29 heavy (non-hydrogen) atoms. The average Bonchev–Trinajstić information content (AvgIpc) is 2.62. The second kappa shape index (κ2) is 13.9. The molecule has 0 bridgehead atoms. The van der Waals surface area contributed by atoms with E-state index in [4.69, 9.17) is 9.47 Å². The first-order valence-electron chi connectivity index (χ1n) is 12.1. The van der Waals surface area contributed by atoms with E-state index in [-0.39, 0.29) is 0 Å². The van der Waals surface area contributed by atoms with Crippen LogP contribution in [0.5, 0.6) is 0 Å². The molecule has 2 rings (SSSR count). The lowest BCUT2D eigenvalue weighted by atomic mass is 9.73. The zero-order chi connectivity index (χ0) is 21.0. The van der Waals surface area contributed by atoms with Crippen molar-refractivity contribution in [2.75, 3.05) is 85.3 Å². The molecule has 1 spiro atoms. The highest BCUT2D eigenvalue weighted by Gasteiger charge is 2.50. The number of nitrogens with one attached hydrogen (secondary N) is 2. The van der Waals surface area contributed by atoms with Crippen molar-refractivity contribution in [2.24, 2.45) is 11.3 Å². The minimum Gasteiger partial charge on any atom is -0.379 e. The minimum atomic E-state index is 0.578. The maximum atomic E-state index is 5.81. The number of nitrogens with zero attached hydrogens (tertiary/aromatic N) is 2. The lowest BCUT2D eigenvalue weighted by Gasteiger charge is -2.60. The van der Waals surface area contributed by atoms with Gasteiger partial charge in [-0.3, -0.25) is 9.80 Å². The van der Waals surface area contributed by atoms with Crippen molar-refractivity contribution >= 4 is 0 Å². The molecule has 1 unspecified atom stereocenters. The van der Waals surface area contributed by atoms with E-state index in [0.717, 1.165) is 59.2 Å². The predicted octanol–water partition coefficient (Wildman–Crippen LogP) is 2.05. The van der Waals surface area contributed by atoms with Gasteiger partial charge in [0.15, 0.2) is 0 Å². The summed E-state index contributed by atoms with van der Waals surface area (Å²) in [6, 6.07) is 0.613. The lowest BCUT2D eigenvalue weighted by molar-refractivity contribution is -0.123. The summed E-state index contributed by atoms with van der Waals surface area (Å²) in [7, 11) is 0. The zero-order valence-electron chi connectivity index (χ0n) is 19.7. The maximum Gasteiger partial charge on any atom is 0.0594 e. The normalized spacial score (nSPS) is 20.2. The van der Waals surface area contributed by atoms with Gasteiger partial charge in [-0.1, -0.05) is 33.6 Å².